The largest absolute Gasteiger partial charge is 0.491 e. The van der Waals surface area contributed by atoms with Crippen LogP contribution in [0.4, 0.5) is 10.1 Å². The fourth-order valence-electron chi connectivity index (χ4n) is 2.45. The molecular weight excluding hydrogens is 287 g/mol. The molecule has 2 N–H and O–H groups in total. The fourth-order valence-corrected chi connectivity index (χ4v) is 2.45. The third-order valence-electron chi connectivity index (χ3n) is 3.60. The van der Waals surface area contributed by atoms with Crippen molar-refractivity contribution in [2.75, 3.05) is 18.1 Å². The van der Waals surface area contributed by atoms with Crippen LogP contribution in [0.25, 0.3) is 0 Å². The number of benzene rings is 2. The van der Waals surface area contributed by atoms with Crippen molar-refractivity contribution in [2.24, 2.45) is 0 Å². The number of carbonyl (C=O) groups is 1. The van der Waals surface area contributed by atoms with E-state index in [1.54, 1.807) is 35.8 Å². The highest BCUT2D eigenvalue weighted by molar-refractivity contribution is 5.93. The van der Waals surface area contributed by atoms with Crippen molar-refractivity contribution in [3.05, 3.63) is 59.4 Å². The van der Waals surface area contributed by atoms with E-state index in [1.165, 1.54) is 12.1 Å². The third-order valence-corrected chi connectivity index (χ3v) is 3.60. The van der Waals surface area contributed by atoms with Crippen LogP contribution in [0.2, 0.25) is 0 Å². The molecule has 3 rings (SSSR count). The molecule has 22 heavy (non-hydrogen) atoms. The standard InChI is InChI=1S/C16H15FN2O3/c17-13-3-5-14(6-4-13)19-7-8-22-15-9-11(16(20)18-21)1-2-12(15)10-19/h1-6,9,21H,7-8,10H2,(H,18,20). The van der Waals surface area contributed by atoms with Crippen LogP contribution in [0.3, 0.4) is 0 Å². The van der Waals surface area contributed by atoms with Crippen molar-refractivity contribution in [3.8, 4) is 5.75 Å². The Morgan fingerprint density at radius 3 is 2.73 bits per heavy atom. The smallest absolute Gasteiger partial charge is 0.274 e. The van der Waals surface area contributed by atoms with Gasteiger partial charge in [-0.1, -0.05) is 6.07 Å². The highest BCUT2D eigenvalue weighted by Gasteiger charge is 2.17. The number of nitrogens with one attached hydrogen (secondary N) is 1. The Morgan fingerprint density at radius 2 is 2.00 bits per heavy atom. The van der Waals surface area contributed by atoms with Crippen LogP contribution in [0.1, 0.15) is 15.9 Å². The monoisotopic (exact) mass is 302 g/mol. The topological polar surface area (TPSA) is 61.8 Å². The van der Waals surface area contributed by atoms with Gasteiger partial charge in [0, 0.05) is 23.4 Å². The Bertz CT molecular complexity index is 688. The first kappa shape index (κ1) is 14.3. The van der Waals surface area contributed by atoms with Gasteiger partial charge in [0.05, 0.1) is 6.54 Å². The molecule has 0 fully saturated rings. The lowest BCUT2D eigenvalue weighted by Gasteiger charge is -2.22. The summed E-state index contributed by atoms with van der Waals surface area (Å²) >= 11 is 0. The van der Waals surface area contributed by atoms with Gasteiger partial charge >= 0.3 is 0 Å². The predicted octanol–water partition coefficient (Wildman–Crippen LogP) is 2.34. The Labute approximate surface area is 126 Å². The second-order valence-corrected chi connectivity index (χ2v) is 5.01. The molecular formula is C16H15FN2O3. The minimum atomic E-state index is -0.578. The summed E-state index contributed by atoms with van der Waals surface area (Å²) in [5.41, 5.74) is 3.77. The summed E-state index contributed by atoms with van der Waals surface area (Å²) in [4.78, 5) is 13.5. The van der Waals surface area contributed by atoms with E-state index in [0.29, 0.717) is 31.0 Å². The Balaban J connectivity index is 1.87. The van der Waals surface area contributed by atoms with Crippen LogP contribution in [-0.2, 0) is 6.54 Å². The lowest BCUT2D eigenvalue weighted by Crippen LogP contribution is -2.25. The van der Waals surface area contributed by atoms with Crippen LogP contribution >= 0.6 is 0 Å². The van der Waals surface area contributed by atoms with Crippen molar-refractivity contribution in [3.63, 3.8) is 0 Å². The molecule has 0 radical (unpaired) electrons. The van der Waals surface area contributed by atoms with E-state index in [-0.39, 0.29) is 5.82 Å². The molecule has 0 atom stereocenters. The zero-order valence-corrected chi connectivity index (χ0v) is 11.8. The van der Waals surface area contributed by atoms with E-state index in [2.05, 4.69) is 4.90 Å². The number of carbonyl (C=O) groups excluding carboxylic acids is 1. The number of rotatable bonds is 2. The number of halogens is 1. The summed E-state index contributed by atoms with van der Waals surface area (Å²) < 4.78 is 18.7. The lowest BCUT2D eigenvalue weighted by atomic mass is 10.1. The minimum absolute atomic E-state index is 0.269. The maximum absolute atomic E-state index is 13.0. The summed E-state index contributed by atoms with van der Waals surface area (Å²) in [5, 5.41) is 8.68. The van der Waals surface area contributed by atoms with E-state index in [0.717, 1.165) is 11.3 Å². The first-order valence-electron chi connectivity index (χ1n) is 6.88. The second-order valence-electron chi connectivity index (χ2n) is 5.01. The van der Waals surface area contributed by atoms with E-state index >= 15 is 0 Å². The first-order chi connectivity index (χ1) is 10.7. The van der Waals surface area contributed by atoms with Crippen LogP contribution in [-0.4, -0.2) is 24.3 Å². The van der Waals surface area contributed by atoms with Gasteiger partial charge in [-0.3, -0.25) is 10.0 Å². The molecule has 0 aliphatic carbocycles. The SMILES string of the molecule is O=C(NO)c1ccc2c(c1)OCCN(c1ccc(F)cc1)C2. The number of hydrogen-bond donors (Lipinski definition) is 2. The summed E-state index contributed by atoms with van der Waals surface area (Å²) in [5.74, 6) is -0.230. The molecule has 0 aromatic heterocycles. The van der Waals surface area contributed by atoms with Crippen molar-refractivity contribution >= 4 is 11.6 Å². The van der Waals surface area contributed by atoms with Crippen molar-refractivity contribution in [1.29, 1.82) is 0 Å². The number of nitrogens with zero attached hydrogens (tertiary/aromatic N) is 1. The van der Waals surface area contributed by atoms with Gasteiger partial charge in [-0.25, -0.2) is 9.87 Å². The molecule has 6 heteroatoms. The van der Waals surface area contributed by atoms with Gasteiger partial charge in [-0.15, -0.1) is 0 Å². The second kappa shape index (κ2) is 6.03. The molecule has 0 spiro atoms. The average Bonchev–Trinajstić information content (AvgIpc) is 2.76. The summed E-state index contributed by atoms with van der Waals surface area (Å²) in [6, 6.07) is 11.3. The van der Waals surface area contributed by atoms with Gasteiger partial charge in [0.15, 0.2) is 0 Å². The Morgan fingerprint density at radius 1 is 1.23 bits per heavy atom. The number of hydroxylamine groups is 1. The van der Waals surface area contributed by atoms with Gasteiger partial charge in [0.25, 0.3) is 5.91 Å². The first-order valence-corrected chi connectivity index (χ1v) is 6.88. The predicted molar refractivity (Wildman–Crippen MR) is 78.6 cm³/mol. The summed E-state index contributed by atoms with van der Waals surface area (Å²) in [6.45, 7) is 1.71. The molecule has 2 aromatic rings. The molecule has 2 aromatic carbocycles. The number of hydrogen-bond acceptors (Lipinski definition) is 4. The highest BCUT2D eigenvalue weighted by atomic mass is 19.1. The molecule has 0 saturated carbocycles. The number of anilines is 1. The van der Waals surface area contributed by atoms with E-state index in [9.17, 15) is 9.18 Å². The number of ether oxygens (including phenoxy) is 1. The number of fused-ring (bicyclic) bond motifs is 1. The zero-order valence-electron chi connectivity index (χ0n) is 11.8. The molecule has 1 aliphatic heterocycles. The highest BCUT2D eigenvalue weighted by Crippen LogP contribution is 2.27. The lowest BCUT2D eigenvalue weighted by molar-refractivity contribution is 0.0706. The third kappa shape index (κ3) is 2.87. The van der Waals surface area contributed by atoms with Gasteiger partial charge < -0.3 is 9.64 Å². The molecule has 0 saturated heterocycles. The van der Waals surface area contributed by atoms with Crippen LogP contribution in [0.5, 0.6) is 5.75 Å². The summed E-state index contributed by atoms with van der Waals surface area (Å²) in [6.07, 6.45) is 0. The van der Waals surface area contributed by atoms with Gasteiger partial charge in [-0.05, 0) is 36.4 Å². The maximum Gasteiger partial charge on any atom is 0.274 e. The summed E-state index contributed by atoms with van der Waals surface area (Å²) in [7, 11) is 0. The molecule has 0 unspecified atom stereocenters. The van der Waals surface area contributed by atoms with Crippen LogP contribution < -0.4 is 15.1 Å². The van der Waals surface area contributed by atoms with Crippen molar-refractivity contribution in [1.82, 2.24) is 5.48 Å². The van der Waals surface area contributed by atoms with Gasteiger partial charge in [0.1, 0.15) is 18.2 Å². The van der Waals surface area contributed by atoms with Crippen LogP contribution in [0.15, 0.2) is 42.5 Å². The molecule has 1 heterocycles. The Kier molecular flexibility index (Phi) is 3.93. The molecule has 114 valence electrons. The van der Waals surface area contributed by atoms with Gasteiger partial charge in [0.2, 0.25) is 0 Å². The van der Waals surface area contributed by atoms with Crippen molar-refractivity contribution in [2.45, 2.75) is 6.54 Å². The van der Waals surface area contributed by atoms with E-state index < -0.39 is 5.91 Å². The van der Waals surface area contributed by atoms with Gasteiger partial charge in [-0.2, -0.15) is 0 Å². The van der Waals surface area contributed by atoms with Crippen molar-refractivity contribution < 1.29 is 19.1 Å². The van der Waals surface area contributed by atoms with E-state index in [1.807, 2.05) is 0 Å². The normalized spacial score (nSPS) is 13.8. The fraction of sp³-hybridized carbons (Fsp3) is 0.188. The Hall–Kier alpha value is -2.60. The molecule has 1 aliphatic rings. The quantitative estimate of drug-likeness (QED) is 0.660. The average molecular weight is 302 g/mol. The molecule has 5 nitrogen and oxygen atoms in total. The number of amides is 1. The molecule has 0 bridgehead atoms. The van der Waals surface area contributed by atoms with Crippen LogP contribution in [0, 0.1) is 5.82 Å². The molecule has 1 amide bonds. The van der Waals surface area contributed by atoms with E-state index in [4.69, 9.17) is 9.94 Å². The minimum Gasteiger partial charge on any atom is -0.491 e. The maximum atomic E-state index is 13.0. The zero-order chi connectivity index (χ0) is 15.5.